The topological polar surface area (TPSA) is 84.1 Å². The fraction of sp³-hybridized carbons (Fsp3) is 0.484. The molecule has 2 amide bonds. The molecule has 2 bridgehead atoms. The van der Waals surface area contributed by atoms with Gasteiger partial charge in [-0.25, -0.2) is 4.79 Å². The molecule has 4 heterocycles. The van der Waals surface area contributed by atoms with Crippen molar-refractivity contribution < 1.29 is 23.8 Å². The minimum atomic E-state index is -0.112. The van der Waals surface area contributed by atoms with E-state index in [1.54, 1.807) is 14.2 Å². The van der Waals surface area contributed by atoms with Crippen LogP contribution in [0.2, 0.25) is 0 Å². The van der Waals surface area contributed by atoms with E-state index in [0.29, 0.717) is 31.7 Å². The van der Waals surface area contributed by atoms with Crippen LogP contribution in [0.15, 0.2) is 36.5 Å². The Balaban J connectivity index is 1.35. The number of carbonyl (C=O) groups excluding carboxylic acids is 2. The molecular formula is C31H37N3O5. The summed E-state index contributed by atoms with van der Waals surface area (Å²) in [5.74, 6) is 2.55. The average molecular weight is 532 g/mol. The van der Waals surface area contributed by atoms with Crippen LogP contribution in [-0.2, 0) is 17.6 Å². The van der Waals surface area contributed by atoms with Crippen molar-refractivity contribution in [2.24, 2.45) is 0 Å². The van der Waals surface area contributed by atoms with Crippen LogP contribution >= 0.6 is 0 Å². The van der Waals surface area contributed by atoms with Crippen molar-refractivity contribution in [3.8, 4) is 17.2 Å². The molecule has 3 aromatic rings. The number of aryl methyl sites for hydroxylation is 1. The predicted octanol–water partition coefficient (Wildman–Crippen LogP) is 5.43. The number of methoxy groups -OCH3 is 2. The fourth-order valence-electron chi connectivity index (χ4n) is 6.89. The zero-order chi connectivity index (χ0) is 27.1. The molecule has 8 nitrogen and oxygen atoms in total. The third-order valence-corrected chi connectivity index (χ3v) is 8.76. The lowest BCUT2D eigenvalue weighted by molar-refractivity contribution is -0.122. The number of ether oxygens (including phenoxy) is 3. The number of rotatable bonds is 7. The lowest BCUT2D eigenvalue weighted by Gasteiger charge is -2.43. The van der Waals surface area contributed by atoms with Crippen LogP contribution in [0.5, 0.6) is 17.2 Å². The third-order valence-electron chi connectivity index (χ3n) is 8.76. The van der Waals surface area contributed by atoms with Gasteiger partial charge in [0.2, 0.25) is 0 Å². The standard InChI is InChI=1S/C31H37N3O5/c1-4-39-30-17-26-19(13-29(30)38-3)11-12-33(31(36)34-21-6-7-22(34)15-23(35)14-21)28(26)10-5-20-18-32-27-9-8-24(37-2)16-25(20)27/h8-9,13,16-18,21-22,28,32H,4-7,10-12,14-15H2,1-3H3. The van der Waals surface area contributed by atoms with Crippen LogP contribution in [-0.4, -0.2) is 66.1 Å². The molecule has 0 saturated carbocycles. The maximum Gasteiger partial charge on any atom is 0.321 e. The molecule has 39 heavy (non-hydrogen) atoms. The van der Waals surface area contributed by atoms with Crippen molar-refractivity contribution in [2.45, 2.75) is 70.0 Å². The van der Waals surface area contributed by atoms with Crippen LogP contribution in [0.1, 0.15) is 61.8 Å². The predicted molar refractivity (Wildman–Crippen MR) is 149 cm³/mol. The Morgan fingerprint density at radius 3 is 2.56 bits per heavy atom. The van der Waals surface area contributed by atoms with E-state index in [0.717, 1.165) is 60.1 Å². The van der Waals surface area contributed by atoms with E-state index in [4.69, 9.17) is 14.2 Å². The number of ketones is 1. The molecule has 1 N–H and O–H groups in total. The molecule has 2 fully saturated rings. The number of hydrogen-bond acceptors (Lipinski definition) is 5. The molecule has 3 aliphatic heterocycles. The molecular weight excluding hydrogens is 494 g/mol. The molecule has 0 spiro atoms. The second kappa shape index (κ2) is 10.5. The summed E-state index contributed by atoms with van der Waals surface area (Å²) in [6.45, 7) is 3.13. The number of carbonyl (C=O) groups is 2. The molecule has 0 aliphatic carbocycles. The largest absolute Gasteiger partial charge is 0.497 e. The van der Waals surface area contributed by atoms with Gasteiger partial charge < -0.3 is 29.0 Å². The highest BCUT2D eigenvalue weighted by atomic mass is 16.5. The molecule has 3 aliphatic rings. The maximum absolute atomic E-state index is 14.2. The van der Waals surface area contributed by atoms with Crippen molar-refractivity contribution >= 4 is 22.7 Å². The summed E-state index contributed by atoms with van der Waals surface area (Å²) in [7, 11) is 3.35. The van der Waals surface area contributed by atoms with Crippen LogP contribution < -0.4 is 14.2 Å². The van der Waals surface area contributed by atoms with E-state index < -0.39 is 0 Å². The zero-order valence-electron chi connectivity index (χ0n) is 23.0. The third kappa shape index (κ3) is 4.60. The number of amides is 2. The van der Waals surface area contributed by atoms with Crippen molar-refractivity contribution in [2.75, 3.05) is 27.4 Å². The summed E-state index contributed by atoms with van der Waals surface area (Å²) in [5.41, 5.74) is 4.59. The van der Waals surface area contributed by atoms with E-state index >= 15 is 0 Å². The highest BCUT2D eigenvalue weighted by Gasteiger charge is 2.46. The van der Waals surface area contributed by atoms with Gasteiger partial charge in [-0.2, -0.15) is 0 Å². The van der Waals surface area contributed by atoms with Gasteiger partial charge in [-0.3, -0.25) is 4.79 Å². The number of aromatic nitrogens is 1. The number of aromatic amines is 1. The van der Waals surface area contributed by atoms with Gasteiger partial charge >= 0.3 is 6.03 Å². The first-order chi connectivity index (χ1) is 19.0. The van der Waals surface area contributed by atoms with Gasteiger partial charge in [0.05, 0.1) is 26.9 Å². The Kier molecular flexibility index (Phi) is 6.87. The number of urea groups is 1. The number of benzene rings is 2. The molecule has 2 aromatic carbocycles. The van der Waals surface area contributed by atoms with E-state index in [-0.39, 0.29) is 29.9 Å². The van der Waals surface area contributed by atoms with Crippen molar-refractivity contribution in [3.63, 3.8) is 0 Å². The first kappa shape index (κ1) is 25.6. The Bertz CT molecular complexity index is 1380. The fourth-order valence-corrected chi connectivity index (χ4v) is 6.89. The molecule has 3 atom stereocenters. The second-order valence-corrected chi connectivity index (χ2v) is 10.9. The lowest BCUT2D eigenvalue weighted by atomic mass is 9.88. The quantitative estimate of drug-likeness (QED) is 0.439. The minimum Gasteiger partial charge on any atom is -0.497 e. The average Bonchev–Trinajstić information content (AvgIpc) is 3.48. The van der Waals surface area contributed by atoms with E-state index in [1.807, 2.05) is 24.0 Å². The van der Waals surface area contributed by atoms with E-state index in [9.17, 15) is 9.59 Å². The van der Waals surface area contributed by atoms with Gasteiger partial charge in [0, 0.05) is 48.6 Å². The number of Topliss-reactive ketones (excluding diaryl/α,β-unsaturated/α-hetero) is 1. The smallest absolute Gasteiger partial charge is 0.321 e. The first-order valence-corrected chi connectivity index (χ1v) is 14.1. The van der Waals surface area contributed by atoms with Crippen LogP contribution in [0, 0.1) is 0 Å². The minimum absolute atomic E-state index is 0.0294. The van der Waals surface area contributed by atoms with Crippen LogP contribution in [0.25, 0.3) is 10.9 Å². The summed E-state index contributed by atoms with van der Waals surface area (Å²) >= 11 is 0. The SMILES string of the molecule is CCOc1cc2c(cc1OC)CCN(C(=O)N1C3CCC1CC(=O)C3)C2CCc1c[nH]c2ccc(OC)cc12. The highest BCUT2D eigenvalue weighted by Crippen LogP contribution is 2.43. The van der Waals surface area contributed by atoms with Gasteiger partial charge in [0.15, 0.2) is 11.5 Å². The molecule has 0 radical (unpaired) electrons. The van der Waals surface area contributed by atoms with Crippen LogP contribution in [0.3, 0.4) is 0 Å². The van der Waals surface area contributed by atoms with Gasteiger partial charge in [0.1, 0.15) is 11.5 Å². The van der Waals surface area contributed by atoms with Crippen LogP contribution in [0.4, 0.5) is 4.79 Å². The number of fused-ring (bicyclic) bond motifs is 4. The number of nitrogens with one attached hydrogen (secondary N) is 1. The van der Waals surface area contributed by atoms with Crippen molar-refractivity contribution in [1.29, 1.82) is 0 Å². The van der Waals surface area contributed by atoms with Gasteiger partial charge in [-0.15, -0.1) is 0 Å². The Morgan fingerprint density at radius 2 is 1.85 bits per heavy atom. The Morgan fingerprint density at radius 1 is 1.05 bits per heavy atom. The summed E-state index contributed by atoms with van der Waals surface area (Å²) in [5, 5.41) is 1.14. The molecule has 206 valence electrons. The first-order valence-electron chi connectivity index (χ1n) is 14.1. The molecule has 3 unspecified atom stereocenters. The number of H-pyrrole nitrogens is 1. The van der Waals surface area contributed by atoms with Gasteiger partial charge in [-0.1, -0.05) is 0 Å². The van der Waals surface area contributed by atoms with Crippen molar-refractivity contribution in [1.82, 2.24) is 14.8 Å². The Labute approximate surface area is 229 Å². The Hall–Kier alpha value is -3.68. The summed E-state index contributed by atoms with van der Waals surface area (Å²) < 4.78 is 17.1. The summed E-state index contributed by atoms with van der Waals surface area (Å²) in [6.07, 6.45) is 7.19. The molecule has 6 rings (SSSR count). The summed E-state index contributed by atoms with van der Waals surface area (Å²) in [4.78, 5) is 33.9. The normalized spacial score (nSPS) is 22.2. The molecule has 8 heteroatoms. The lowest BCUT2D eigenvalue weighted by Crippen LogP contribution is -2.54. The number of hydrogen-bond donors (Lipinski definition) is 1. The maximum atomic E-state index is 14.2. The number of nitrogens with zero attached hydrogens (tertiary/aromatic N) is 2. The van der Waals surface area contributed by atoms with Gasteiger partial charge in [-0.05, 0) is 86.1 Å². The number of piperidine rings is 1. The summed E-state index contributed by atoms with van der Waals surface area (Å²) in [6, 6.07) is 10.2. The highest BCUT2D eigenvalue weighted by molar-refractivity contribution is 5.86. The van der Waals surface area contributed by atoms with E-state index in [1.165, 1.54) is 11.1 Å². The van der Waals surface area contributed by atoms with Crippen molar-refractivity contribution in [3.05, 3.63) is 53.2 Å². The zero-order valence-corrected chi connectivity index (χ0v) is 23.0. The van der Waals surface area contributed by atoms with E-state index in [2.05, 4.69) is 34.3 Å². The van der Waals surface area contributed by atoms with Gasteiger partial charge in [0.25, 0.3) is 0 Å². The molecule has 1 aromatic heterocycles. The molecule has 2 saturated heterocycles. The second-order valence-electron chi connectivity index (χ2n) is 10.9. The monoisotopic (exact) mass is 531 g/mol.